The molecule has 0 unspecified atom stereocenters. The van der Waals surface area contributed by atoms with Gasteiger partial charge in [-0.25, -0.2) is 28.1 Å². The summed E-state index contributed by atoms with van der Waals surface area (Å²) < 4.78 is 29.0. The largest absolute Gasteiger partial charge is 0.307 e. The molecular weight excluding hydrogens is 388 g/mol. The van der Waals surface area contributed by atoms with Crippen LogP contribution < -0.4 is 10.0 Å². The summed E-state index contributed by atoms with van der Waals surface area (Å²) in [5.41, 5.74) is 3.86. The number of aryl methyl sites for hydroxylation is 1. The van der Waals surface area contributed by atoms with Gasteiger partial charge in [0.15, 0.2) is 0 Å². The van der Waals surface area contributed by atoms with Crippen LogP contribution >= 0.6 is 0 Å². The molecule has 0 aliphatic rings. The van der Waals surface area contributed by atoms with Crippen LogP contribution in [0.2, 0.25) is 0 Å². The van der Waals surface area contributed by atoms with E-state index >= 15 is 0 Å². The summed E-state index contributed by atoms with van der Waals surface area (Å²) in [5.74, 6) is 0.0355. The van der Waals surface area contributed by atoms with Crippen LogP contribution in [-0.2, 0) is 23.1 Å². The second kappa shape index (κ2) is 7.98. The molecule has 9 heteroatoms. The number of rotatable bonds is 7. The van der Waals surface area contributed by atoms with Crippen molar-refractivity contribution < 1.29 is 8.42 Å². The van der Waals surface area contributed by atoms with Gasteiger partial charge in [0.05, 0.1) is 10.6 Å². The Morgan fingerprint density at radius 3 is 2.55 bits per heavy atom. The third-order valence-electron chi connectivity index (χ3n) is 4.29. The summed E-state index contributed by atoms with van der Waals surface area (Å²) in [6.45, 7) is 3.18. The number of hydrogen-bond acceptors (Lipinski definition) is 6. The Morgan fingerprint density at radius 2 is 1.79 bits per heavy atom. The molecule has 2 N–H and O–H groups in total. The van der Waals surface area contributed by atoms with E-state index in [1.165, 1.54) is 17.7 Å². The predicted molar refractivity (Wildman–Crippen MR) is 110 cm³/mol. The maximum atomic E-state index is 12.3. The standard InChI is InChI=1S/C20H20N6O2S/c1-15-7-8-26-14-17(24-19(26)9-15)13-21-10-16-11-22-20(23-12-16)25-29(27,28)18-5-3-2-4-6-18/h2-9,11-12,14,21H,10,13H2,1H3,(H,22,23,25). The molecule has 3 heterocycles. The molecule has 3 aromatic heterocycles. The van der Waals surface area contributed by atoms with E-state index in [-0.39, 0.29) is 10.8 Å². The van der Waals surface area contributed by atoms with Gasteiger partial charge in [-0.3, -0.25) is 0 Å². The lowest BCUT2D eigenvalue weighted by Gasteiger charge is -2.07. The van der Waals surface area contributed by atoms with E-state index in [1.54, 1.807) is 30.6 Å². The highest BCUT2D eigenvalue weighted by Crippen LogP contribution is 2.12. The Hall–Kier alpha value is -3.30. The minimum Gasteiger partial charge on any atom is -0.307 e. The van der Waals surface area contributed by atoms with Crippen molar-refractivity contribution in [1.29, 1.82) is 0 Å². The molecule has 4 rings (SSSR count). The van der Waals surface area contributed by atoms with Gasteiger partial charge in [-0.05, 0) is 36.8 Å². The van der Waals surface area contributed by atoms with E-state index in [2.05, 4.69) is 25.0 Å². The number of sulfonamides is 1. The van der Waals surface area contributed by atoms with E-state index < -0.39 is 10.0 Å². The number of hydrogen-bond donors (Lipinski definition) is 2. The highest BCUT2D eigenvalue weighted by molar-refractivity contribution is 7.92. The molecule has 0 radical (unpaired) electrons. The normalized spacial score (nSPS) is 11.6. The molecule has 8 nitrogen and oxygen atoms in total. The SMILES string of the molecule is Cc1ccn2cc(CNCc3cnc(NS(=O)(=O)c4ccccc4)nc3)nc2c1. The van der Waals surface area contributed by atoms with Crippen molar-refractivity contribution in [3.05, 3.63) is 84.1 Å². The zero-order valence-electron chi connectivity index (χ0n) is 15.8. The van der Waals surface area contributed by atoms with E-state index in [0.29, 0.717) is 13.1 Å². The van der Waals surface area contributed by atoms with Crippen molar-refractivity contribution in [2.24, 2.45) is 0 Å². The van der Waals surface area contributed by atoms with Gasteiger partial charge in [-0.1, -0.05) is 18.2 Å². The van der Waals surface area contributed by atoms with Crippen molar-refractivity contribution in [2.45, 2.75) is 24.9 Å². The first kappa shape index (κ1) is 19.0. The van der Waals surface area contributed by atoms with Crippen molar-refractivity contribution in [3.63, 3.8) is 0 Å². The summed E-state index contributed by atoms with van der Waals surface area (Å²) in [6, 6.07) is 12.2. The highest BCUT2D eigenvalue weighted by Gasteiger charge is 2.14. The zero-order valence-corrected chi connectivity index (χ0v) is 16.6. The molecule has 0 saturated heterocycles. The highest BCUT2D eigenvalue weighted by atomic mass is 32.2. The van der Waals surface area contributed by atoms with Crippen LogP contribution in [0.3, 0.4) is 0 Å². The first-order valence-corrected chi connectivity index (χ1v) is 10.5. The zero-order chi connectivity index (χ0) is 20.3. The van der Waals surface area contributed by atoms with Crippen LogP contribution in [0.15, 0.2) is 72.1 Å². The summed E-state index contributed by atoms with van der Waals surface area (Å²) in [7, 11) is -3.70. The van der Waals surface area contributed by atoms with E-state index in [4.69, 9.17) is 0 Å². The maximum absolute atomic E-state index is 12.3. The predicted octanol–water partition coefficient (Wildman–Crippen LogP) is 2.52. The van der Waals surface area contributed by atoms with Gasteiger partial charge in [-0.15, -0.1) is 0 Å². The van der Waals surface area contributed by atoms with Crippen molar-refractivity contribution >= 4 is 21.6 Å². The number of benzene rings is 1. The Balaban J connectivity index is 1.34. The van der Waals surface area contributed by atoms with Crippen LogP contribution in [-0.4, -0.2) is 27.8 Å². The number of pyridine rings is 1. The number of anilines is 1. The van der Waals surface area contributed by atoms with Gasteiger partial charge in [0, 0.05) is 43.4 Å². The van der Waals surface area contributed by atoms with Crippen LogP contribution in [0.1, 0.15) is 16.8 Å². The third-order valence-corrected chi connectivity index (χ3v) is 5.63. The van der Waals surface area contributed by atoms with Gasteiger partial charge < -0.3 is 9.72 Å². The lowest BCUT2D eigenvalue weighted by Crippen LogP contribution is -2.16. The van der Waals surface area contributed by atoms with E-state index in [1.807, 2.05) is 35.9 Å². The Kier molecular flexibility index (Phi) is 5.24. The molecule has 0 aliphatic carbocycles. The molecule has 4 aromatic rings. The summed E-state index contributed by atoms with van der Waals surface area (Å²) in [4.78, 5) is 12.9. The van der Waals surface area contributed by atoms with Gasteiger partial charge in [0.25, 0.3) is 10.0 Å². The van der Waals surface area contributed by atoms with Crippen molar-refractivity contribution in [1.82, 2.24) is 24.7 Å². The molecule has 148 valence electrons. The monoisotopic (exact) mass is 408 g/mol. The molecule has 0 spiro atoms. The smallest absolute Gasteiger partial charge is 0.264 e. The molecule has 0 atom stereocenters. The fourth-order valence-corrected chi connectivity index (χ4v) is 3.81. The minimum absolute atomic E-state index is 0.0355. The first-order valence-electron chi connectivity index (χ1n) is 9.03. The van der Waals surface area contributed by atoms with E-state index in [0.717, 1.165) is 16.9 Å². The molecular formula is C20H20N6O2S. The number of nitrogens with one attached hydrogen (secondary N) is 2. The summed E-state index contributed by atoms with van der Waals surface area (Å²) in [6.07, 6.45) is 7.16. The topological polar surface area (TPSA) is 101 Å². The average Bonchev–Trinajstić information content (AvgIpc) is 3.11. The van der Waals surface area contributed by atoms with Gasteiger partial charge in [0.2, 0.25) is 5.95 Å². The van der Waals surface area contributed by atoms with Gasteiger partial charge in [0.1, 0.15) is 5.65 Å². The Labute approximate surface area is 168 Å². The molecule has 0 aliphatic heterocycles. The van der Waals surface area contributed by atoms with Crippen LogP contribution in [0.5, 0.6) is 0 Å². The third kappa shape index (κ3) is 4.58. The second-order valence-electron chi connectivity index (χ2n) is 6.64. The molecule has 0 fully saturated rings. The van der Waals surface area contributed by atoms with Crippen LogP contribution in [0, 0.1) is 6.92 Å². The van der Waals surface area contributed by atoms with Crippen molar-refractivity contribution in [2.75, 3.05) is 4.72 Å². The average molecular weight is 408 g/mol. The van der Waals surface area contributed by atoms with Gasteiger partial charge in [-0.2, -0.15) is 0 Å². The second-order valence-corrected chi connectivity index (χ2v) is 8.32. The van der Waals surface area contributed by atoms with Crippen molar-refractivity contribution in [3.8, 4) is 0 Å². The molecule has 0 bridgehead atoms. The number of imidazole rings is 1. The minimum atomic E-state index is -3.70. The lowest BCUT2D eigenvalue weighted by molar-refractivity contribution is 0.600. The van der Waals surface area contributed by atoms with Crippen LogP contribution in [0.4, 0.5) is 5.95 Å². The number of nitrogens with zero attached hydrogens (tertiary/aromatic N) is 4. The molecule has 1 aromatic carbocycles. The maximum Gasteiger partial charge on any atom is 0.264 e. The molecule has 29 heavy (non-hydrogen) atoms. The number of fused-ring (bicyclic) bond motifs is 1. The van der Waals surface area contributed by atoms with Gasteiger partial charge >= 0.3 is 0 Å². The fourth-order valence-electron chi connectivity index (χ4n) is 2.83. The lowest BCUT2D eigenvalue weighted by atomic mass is 10.3. The quantitative estimate of drug-likeness (QED) is 0.487. The number of aromatic nitrogens is 4. The fraction of sp³-hybridized carbons (Fsp3) is 0.150. The summed E-state index contributed by atoms with van der Waals surface area (Å²) >= 11 is 0. The van der Waals surface area contributed by atoms with E-state index in [9.17, 15) is 8.42 Å². The van der Waals surface area contributed by atoms with Crippen LogP contribution in [0.25, 0.3) is 5.65 Å². The summed E-state index contributed by atoms with van der Waals surface area (Å²) in [5, 5.41) is 3.29. The first-order chi connectivity index (χ1) is 14.0. The Bertz CT molecular complexity index is 1220. The molecule has 0 amide bonds. The Morgan fingerprint density at radius 1 is 1.03 bits per heavy atom. The molecule has 0 saturated carbocycles.